The second-order valence-electron chi connectivity index (χ2n) is 4.67. The fraction of sp³-hybridized carbons (Fsp3) is 0.700. The number of nitrogens with zero attached hydrogens (tertiary/aromatic N) is 1. The molecule has 1 saturated heterocycles. The molecular weight excluding hydrogens is 257 g/mol. The van der Waals surface area contributed by atoms with Gasteiger partial charge in [-0.1, -0.05) is 5.16 Å². The Labute approximate surface area is 102 Å². The van der Waals surface area contributed by atoms with E-state index in [1.165, 1.54) is 6.92 Å². The molecule has 2 atom stereocenters. The molecule has 0 amide bonds. The average Bonchev–Trinajstić information content (AvgIpc) is 2.58. The molecule has 96 valence electrons. The van der Waals surface area contributed by atoms with Crippen LogP contribution >= 0.6 is 12.4 Å². The van der Waals surface area contributed by atoms with E-state index in [9.17, 15) is 13.2 Å². The van der Waals surface area contributed by atoms with Crippen LogP contribution in [-0.2, 0) is 11.6 Å². The summed E-state index contributed by atoms with van der Waals surface area (Å²) in [5.74, 6) is -0.521. The lowest BCUT2D eigenvalue weighted by Gasteiger charge is -2.08. The van der Waals surface area contributed by atoms with Crippen molar-refractivity contribution in [2.75, 3.05) is 13.1 Å². The smallest absolute Gasteiger partial charge is 0.351 e. The van der Waals surface area contributed by atoms with Gasteiger partial charge in [0, 0.05) is 17.5 Å². The number of nitrogens with one attached hydrogen (secondary N) is 1. The van der Waals surface area contributed by atoms with Crippen LogP contribution in [0.3, 0.4) is 0 Å². The van der Waals surface area contributed by atoms with Crippen molar-refractivity contribution in [3.05, 3.63) is 17.0 Å². The Morgan fingerprint density at radius 2 is 2.18 bits per heavy atom. The topological polar surface area (TPSA) is 38.1 Å². The van der Waals surface area contributed by atoms with Gasteiger partial charge in [-0.15, -0.1) is 12.4 Å². The quantitative estimate of drug-likeness (QED) is 0.849. The van der Waals surface area contributed by atoms with Gasteiger partial charge >= 0.3 is 6.18 Å². The molecule has 0 bridgehead atoms. The van der Waals surface area contributed by atoms with E-state index < -0.39 is 11.9 Å². The molecule has 0 spiro atoms. The van der Waals surface area contributed by atoms with Crippen LogP contribution in [0.25, 0.3) is 0 Å². The lowest BCUT2D eigenvalue weighted by molar-refractivity contribution is -0.156. The SMILES string of the molecule is Cc1c(C23CNCC2C3)noc1C(F)(F)F.Cl. The van der Waals surface area contributed by atoms with E-state index in [0.717, 1.165) is 13.0 Å². The Kier molecular flexibility index (Phi) is 2.70. The summed E-state index contributed by atoms with van der Waals surface area (Å²) in [4.78, 5) is 0. The maximum absolute atomic E-state index is 12.5. The predicted octanol–water partition coefficient (Wildman–Crippen LogP) is 2.28. The monoisotopic (exact) mass is 268 g/mol. The second-order valence-corrected chi connectivity index (χ2v) is 4.67. The Morgan fingerprint density at radius 3 is 2.59 bits per heavy atom. The van der Waals surface area contributed by atoms with E-state index in [1.54, 1.807) is 0 Å². The van der Waals surface area contributed by atoms with Gasteiger partial charge in [-0.25, -0.2) is 0 Å². The van der Waals surface area contributed by atoms with Crippen molar-refractivity contribution in [3.8, 4) is 0 Å². The van der Waals surface area contributed by atoms with Crippen LogP contribution in [-0.4, -0.2) is 18.2 Å². The van der Waals surface area contributed by atoms with Crippen LogP contribution in [0.4, 0.5) is 13.2 Å². The molecule has 1 aliphatic carbocycles. The summed E-state index contributed by atoms with van der Waals surface area (Å²) in [6, 6.07) is 0. The number of hydrogen-bond acceptors (Lipinski definition) is 3. The van der Waals surface area contributed by atoms with Crippen molar-refractivity contribution < 1.29 is 17.7 Å². The van der Waals surface area contributed by atoms with Gasteiger partial charge in [-0.3, -0.25) is 0 Å². The summed E-state index contributed by atoms with van der Waals surface area (Å²) in [5, 5.41) is 6.82. The Hall–Kier alpha value is -0.750. The van der Waals surface area contributed by atoms with Crippen molar-refractivity contribution in [3.63, 3.8) is 0 Å². The lowest BCUT2D eigenvalue weighted by Crippen LogP contribution is -2.20. The second kappa shape index (κ2) is 3.62. The Morgan fingerprint density at radius 1 is 1.47 bits per heavy atom. The fourth-order valence-electron chi connectivity index (χ4n) is 2.77. The van der Waals surface area contributed by atoms with E-state index in [2.05, 4.69) is 15.0 Å². The zero-order valence-electron chi connectivity index (χ0n) is 9.10. The maximum atomic E-state index is 12.5. The number of alkyl halides is 3. The molecule has 17 heavy (non-hydrogen) atoms. The number of aromatic nitrogens is 1. The van der Waals surface area contributed by atoms with Crippen molar-refractivity contribution in [2.24, 2.45) is 5.92 Å². The van der Waals surface area contributed by atoms with Gasteiger partial charge in [0.1, 0.15) is 0 Å². The Balaban J connectivity index is 0.00000108. The van der Waals surface area contributed by atoms with Gasteiger partial charge < -0.3 is 9.84 Å². The third-order valence-corrected chi connectivity index (χ3v) is 3.72. The first-order valence-corrected chi connectivity index (χ1v) is 5.20. The van der Waals surface area contributed by atoms with Crippen LogP contribution in [0.1, 0.15) is 23.4 Å². The summed E-state index contributed by atoms with van der Waals surface area (Å²) in [6.45, 7) is 3.02. The molecule has 1 aliphatic heterocycles. The molecule has 1 N–H and O–H groups in total. The number of halogens is 4. The maximum Gasteiger partial charge on any atom is 0.452 e. The van der Waals surface area contributed by atoms with Crippen molar-refractivity contribution in [2.45, 2.75) is 24.9 Å². The third-order valence-electron chi connectivity index (χ3n) is 3.72. The van der Waals surface area contributed by atoms with Crippen molar-refractivity contribution in [1.29, 1.82) is 0 Å². The Bertz CT molecular complexity index is 445. The van der Waals surface area contributed by atoms with Crippen LogP contribution in [0.5, 0.6) is 0 Å². The van der Waals surface area contributed by atoms with Crippen LogP contribution in [0, 0.1) is 12.8 Å². The molecule has 1 aromatic heterocycles. The highest BCUT2D eigenvalue weighted by molar-refractivity contribution is 5.85. The molecular formula is C10H12ClF3N2O. The van der Waals surface area contributed by atoms with Crippen LogP contribution in [0.15, 0.2) is 4.52 Å². The summed E-state index contributed by atoms with van der Waals surface area (Å²) in [6.07, 6.45) is -3.52. The van der Waals surface area contributed by atoms with E-state index in [0.29, 0.717) is 18.2 Å². The molecule has 2 aliphatic rings. The molecule has 1 saturated carbocycles. The zero-order chi connectivity index (χ0) is 11.6. The van der Waals surface area contributed by atoms with E-state index in [1.807, 2.05) is 0 Å². The first kappa shape index (κ1) is 12.7. The number of rotatable bonds is 1. The highest BCUT2D eigenvalue weighted by Crippen LogP contribution is 2.57. The van der Waals surface area contributed by atoms with E-state index >= 15 is 0 Å². The van der Waals surface area contributed by atoms with E-state index in [4.69, 9.17) is 0 Å². The molecule has 0 aromatic carbocycles. The van der Waals surface area contributed by atoms with E-state index in [-0.39, 0.29) is 23.4 Å². The fourth-order valence-corrected chi connectivity index (χ4v) is 2.77. The lowest BCUT2D eigenvalue weighted by atomic mass is 9.97. The molecule has 3 rings (SSSR count). The van der Waals surface area contributed by atoms with Crippen molar-refractivity contribution in [1.82, 2.24) is 10.5 Å². The number of hydrogen-bond donors (Lipinski definition) is 1. The van der Waals surface area contributed by atoms with Gasteiger partial charge in [0.25, 0.3) is 0 Å². The highest BCUT2D eigenvalue weighted by Gasteiger charge is 2.61. The standard InChI is InChI=1S/C10H11F3N2O.ClH/c1-5-7(9-2-6(9)3-14-4-9)15-16-8(5)10(11,12)13;/h6,14H,2-4H2,1H3;1H. The number of fused-ring (bicyclic) bond motifs is 1. The highest BCUT2D eigenvalue weighted by atomic mass is 35.5. The zero-order valence-corrected chi connectivity index (χ0v) is 9.91. The minimum atomic E-state index is -4.44. The molecule has 0 radical (unpaired) electrons. The summed E-state index contributed by atoms with van der Waals surface area (Å²) in [7, 11) is 0. The van der Waals surface area contributed by atoms with Crippen molar-refractivity contribution >= 4 is 12.4 Å². The predicted molar refractivity (Wildman–Crippen MR) is 56.1 cm³/mol. The molecule has 1 aromatic rings. The molecule has 2 heterocycles. The summed E-state index contributed by atoms with van der Waals surface area (Å²) >= 11 is 0. The average molecular weight is 269 g/mol. The molecule has 7 heteroatoms. The largest absolute Gasteiger partial charge is 0.452 e. The first-order chi connectivity index (χ1) is 7.45. The molecule has 2 unspecified atom stereocenters. The first-order valence-electron chi connectivity index (χ1n) is 5.20. The minimum Gasteiger partial charge on any atom is -0.351 e. The van der Waals surface area contributed by atoms with Gasteiger partial charge in [-0.2, -0.15) is 13.2 Å². The van der Waals surface area contributed by atoms with Gasteiger partial charge in [-0.05, 0) is 25.8 Å². The number of piperidine rings is 1. The summed E-state index contributed by atoms with van der Waals surface area (Å²) < 4.78 is 42.1. The van der Waals surface area contributed by atoms with Crippen LogP contribution < -0.4 is 5.32 Å². The van der Waals surface area contributed by atoms with Crippen LogP contribution in [0.2, 0.25) is 0 Å². The normalized spacial score (nSPS) is 30.9. The van der Waals surface area contributed by atoms with Gasteiger partial charge in [0.05, 0.1) is 5.69 Å². The molecule has 2 fully saturated rings. The third kappa shape index (κ3) is 1.65. The van der Waals surface area contributed by atoms with Gasteiger partial charge in [0.2, 0.25) is 5.76 Å². The summed E-state index contributed by atoms with van der Waals surface area (Å²) in [5.41, 5.74) is 0.463. The minimum absolute atomic E-state index is 0. The molecule has 3 nitrogen and oxygen atoms in total. The van der Waals surface area contributed by atoms with Gasteiger partial charge in [0.15, 0.2) is 0 Å².